The van der Waals surface area contributed by atoms with Gasteiger partial charge in [0.05, 0.1) is 4.92 Å². The SMILES string of the molecule is O=[N+]([O-])c1cc(CNCCOc2ccccc2)cs1. The minimum atomic E-state index is -0.368. The van der Waals surface area contributed by atoms with Gasteiger partial charge in [-0.15, -0.1) is 0 Å². The molecule has 5 nitrogen and oxygen atoms in total. The summed E-state index contributed by atoms with van der Waals surface area (Å²) in [6.45, 7) is 1.87. The Kier molecular flexibility index (Phi) is 4.88. The van der Waals surface area contributed by atoms with E-state index in [-0.39, 0.29) is 9.92 Å². The van der Waals surface area contributed by atoms with Crippen molar-refractivity contribution in [1.29, 1.82) is 0 Å². The van der Waals surface area contributed by atoms with Gasteiger partial charge in [-0.25, -0.2) is 0 Å². The van der Waals surface area contributed by atoms with Crippen molar-refractivity contribution in [2.45, 2.75) is 6.54 Å². The van der Waals surface area contributed by atoms with Crippen LogP contribution in [0.15, 0.2) is 41.8 Å². The van der Waals surface area contributed by atoms with Crippen LogP contribution in [0, 0.1) is 10.1 Å². The lowest BCUT2D eigenvalue weighted by Gasteiger charge is -2.06. The highest BCUT2D eigenvalue weighted by molar-refractivity contribution is 7.13. The predicted octanol–water partition coefficient (Wildman–Crippen LogP) is 2.82. The summed E-state index contributed by atoms with van der Waals surface area (Å²) in [5, 5.41) is 15.7. The van der Waals surface area contributed by atoms with Gasteiger partial charge in [0.1, 0.15) is 12.4 Å². The largest absolute Gasteiger partial charge is 0.492 e. The number of para-hydroxylation sites is 1. The molecular formula is C13H14N2O3S. The zero-order chi connectivity index (χ0) is 13.5. The Morgan fingerprint density at radius 2 is 2.11 bits per heavy atom. The molecule has 100 valence electrons. The standard InChI is InChI=1S/C13H14N2O3S/c16-15(17)13-8-11(10-19-13)9-14-6-7-18-12-4-2-1-3-5-12/h1-5,8,10,14H,6-7,9H2. The number of nitrogens with one attached hydrogen (secondary N) is 1. The molecule has 2 rings (SSSR count). The molecule has 0 saturated heterocycles. The number of benzene rings is 1. The average Bonchev–Trinajstić information content (AvgIpc) is 2.89. The summed E-state index contributed by atoms with van der Waals surface area (Å²) >= 11 is 1.15. The fourth-order valence-electron chi connectivity index (χ4n) is 1.54. The Labute approximate surface area is 115 Å². The van der Waals surface area contributed by atoms with Crippen molar-refractivity contribution < 1.29 is 9.66 Å². The van der Waals surface area contributed by atoms with Gasteiger partial charge < -0.3 is 10.1 Å². The number of nitrogens with zero attached hydrogens (tertiary/aromatic N) is 1. The van der Waals surface area contributed by atoms with Crippen LogP contribution in [0.1, 0.15) is 5.56 Å². The molecule has 6 heteroatoms. The first-order valence-electron chi connectivity index (χ1n) is 5.86. The lowest BCUT2D eigenvalue weighted by Crippen LogP contribution is -2.20. The van der Waals surface area contributed by atoms with Crippen LogP contribution in [-0.2, 0) is 6.54 Å². The van der Waals surface area contributed by atoms with Crippen LogP contribution >= 0.6 is 11.3 Å². The minimum Gasteiger partial charge on any atom is -0.492 e. The Morgan fingerprint density at radius 1 is 1.32 bits per heavy atom. The number of ether oxygens (including phenoxy) is 1. The van der Waals surface area contributed by atoms with Crippen molar-refractivity contribution >= 4 is 16.3 Å². The molecule has 0 unspecified atom stereocenters. The summed E-state index contributed by atoms with van der Waals surface area (Å²) < 4.78 is 5.52. The summed E-state index contributed by atoms with van der Waals surface area (Å²) in [5.74, 6) is 0.843. The summed E-state index contributed by atoms with van der Waals surface area (Å²) in [5.41, 5.74) is 0.927. The van der Waals surface area contributed by atoms with E-state index in [0.29, 0.717) is 19.7 Å². The van der Waals surface area contributed by atoms with E-state index in [1.54, 1.807) is 11.4 Å². The van der Waals surface area contributed by atoms with E-state index >= 15 is 0 Å². The highest BCUT2D eigenvalue weighted by atomic mass is 32.1. The van der Waals surface area contributed by atoms with E-state index in [2.05, 4.69) is 5.32 Å². The zero-order valence-electron chi connectivity index (χ0n) is 10.2. The maximum Gasteiger partial charge on any atom is 0.324 e. The van der Waals surface area contributed by atoms with Crippen LogP contribution in [0.5, 0.6) is 5.75 Å². The molecule has 0 saturated carbocycles. The molecule has 2 aromatic rings. The smallest absolute Gasteiger partial charge is 0.324 e. The van der Waals surface area contributed by atoms with Crippen molar-refractivity contribution in [3.63, 3.8) is 0 Å². The maximum atomic E-state index is 10.5. The van der Waals surface area contributed by atoms with Crippen molar-refractivity contribution in [1.82, 2.24) is 5.32 Å². The summed E-state index contributed by atoms with van der Waals surface area (Å²) in [6.07, 6.45) is 0. The number of hydrogen-bond acceptors (Lipinski definition) is 5. The molecule has 0 atom stereocenters. The number of nitro groups is 1. The van der Waals surface area contributed by atoms with Gasteiger partial charge in [0.15, 0.2) is 0 Å². The second kappa shape index (κ2) is 6.86. The van der Waals surface area contributed by atoms with E-state index in [4.69, 9.17) is 4.74 Å². The summed E-state index contributed by atoms with van der Waals surface area (Å²) in [7, 11) is 0. The van der Waals surface area contributed by atoms with Crippen LogP contribution in [0.3, 0.4) is 0 Å². The first-order valence-corrected chi connectivity index (χ1v) is 6.74. The van der Waals surface area contributed by atoms with Gasteiger partial charge in [0.2, 0.25) is 0 Å². The number of rotatable bonds is 7. The first-order chi connectivity index (χ1) is 9.25. The fraction of sp³-hybridized carbons (Fsp3) is 0.231. The second-order valence-corrected chi connectivity index (χ2v) is 4.78. The van der Waals surface area contributed by atoms with Crippen molar-refractivity contribution in [3.8, 4) is 5.75 Å². The maximum absolute atomic E-state index is 10.5. The Balaban J connectivity index is 1.65. The third-order valence-electron chi connectivity index (χ3n) is 2.44. The first kappa shape index (κ1) is 13.5. The molecule has 0 radical (unpaired) electrons. The zero-order valence-corrected chi connectivity index (χ0v) is 11.1. The number of hydrogen-bond donors (Lipinski definition) is 1. The van der Waals surface area contributed by atoms with Gasteiger partial charge in [-0.1, -0.05) is 29.5 Å². The molecule has 0 bridgehead atoms. The molecule has 0 spiro atoms. The molecule has 1 N–H and O–H groups in total. The third-order valence-corrected chi connectivity index (χ3v) is 3.37. The molecule has 19 heavy (non-hydrogen) atoms. The molecule has 0 aliphatic heterocycles. The lowest BCUT2D eigenvalue weighted by molar-refractivity contribution is -0.380. The number of thiophene rings is 1. The van der Waals surface area contributed by atoms with Gasteiger partial charge in [0.25, 0.3) is 0 Å². The van der Waals surface area contributed by atoms with Gasteiger partial charge in [0, 0.05) is 24.5 Å². The topological polar surface area (TPSA) is 64.4 Å². The quantitative estimate of drug-likeness (QED) is 0.480. The van der Waals surface area contributed by atoms with Gasteiger partial charge in [-0.3, -0.25) is 10.1 Å². The average molecular weight is 278 g/mol. The summed E-state index contributed by atoms with van der Waals surface area (Å²) in [4.78, 5) is 10.2. The van der Waals surface area contributed by atoms with Gasteiger partial charge in [-0.2, -0.15) is 0 Å². The molecular weight excluding hydrogens is 264 g/mol. The highest BCUT2D eigenvalue weighted by Crippen LogP contribution is 2.22. The molecule has 1 aromatic heterocycles. The normalized spacial score (nSPS) is 10.3. The van der Waals surface area contributed by atoms with Crippen molar-refractivity contribution in [2.75, 3.05) is 13.2 Å². The minimum absolute atomic E-state index is 0.178. The molecule has 0 fully saturated rings. The lowest BCUT2D eigenvalue weighted by atomic mass is 10.3. The van der Waals surface area contributed by atoms with E-state index in [0.717, 1.165) is 22.6 Å². The van der Waals surface area contributed by atoms with Crippen LogP contribution in [0.4, 0.5) is 5.00 Å². The molecule has 1 heterocycles. The van der Waals surface area contributed by atoms with E-state index in [1.165, 1.54) is 0 Å². The Morgan fingerprint density at radius 3 is 2.79 bits per heavy atom. The third kappa shape index (κ3) is 4.35. The highest BCUT2D eigenvalue weighted by Gasteiger charge is 2.08. The fourth-order valence-corrected chi connectivity index (χ4v) is 2.27. The molecule has 0 amide bonds. The Hall–Kier alpha value is -1.92. The molecule has 0 aliphatic rings. The molecule has 0 aliphatic carbocycles. The monoisotopic (exact) mass is 278 g/mol. The van der Waals surface area contributed by atoms with Crippen LogP contribution in [0.25, 0.3) is 0 Å². The van der Waals surface area contributed by atoms with E-state index in [9.17, 15) is 10.1 Å². The van der Waals surface area contributed by atoms with Crippen LogP contribution in [0.2, 0.25) is 0 Å². The van der Waals surface area contributed by atoms with E-state index < -0.39 is 0 Å². The van der Waals surface area contributed by atoms with Gasteiger partial charge >= 0.3 is 5.00 Å². The van der Waals surface area contributed by atoms with Crippen molar-refractivity contribution in [2.24, 2.45) is 0 Å². The second-order valence-electron chi connectivity index (χ2n) is 3.89. The van der Waals surface area contributed by atoms with Crippen molar-refractivity contribution in [3.05, 3.63) is 57.5 Å². The van der Waals surface area contributed by atoms with Crippen LogP contribution < -0.4 is 10.1 Å². The summed E-state index contributed by atoms with van der Waals surface area (Å²) in [6, 6.07) is 11.2. The van der Waals surface area contributed by atoms with Crippen LogP contribution in [-0.4, -0.2) is 18.1 Å². The van der Waals surface area contributed by atoms with E-state index in [1.807, 2.05) is 30.3 Å². The Bertz CT molecular complexity index is 528. The predicted molar refractivity (Wildman–Crippen MR) is 74.6 cm³/mol. The molecule has 1 aromatic carbocycles. The van der Waals surface area contributed by atoms with Gasteiger partial charge in [-0.05, 0) is 17.7 Å².